The van der Waals surface area contributed by atoms with Crippen LogP contribution in [0.25, 0.3) is 0 Å². The summed E-state index contributed by atoms with van der Waals surface area (Å²) in [6.45, 7) is 6.11. The normalized spacial score (nSPS) is 26.6. The molecule has 0 radical (unpaired) electrons. The lowest BCUT2D eigenvalue weighted by molar-refractivity contribution is -0.129. The van der Waals surface area contributed by atoms with Crippen LogP contribution in [0, 0.1) is 11.8 Å². The summed E-state index contributed by atoms with van der Waals surface area (Å²) in [4.78, 5) is 14.6. The number of hydrogen-bond acceptors (Lipinski definition) is 3. The van der Waals surface area contributed by atoms with Gasteiger partial charge in [-0.2, -0.15) is 0 Å². The molecule has 2 heterocycles. The van der Waals surface area contributed by atoms with Crippen LogP contribution in [-0.2, 0) is 10.5 Å². The number of likely N-dealkylation sites (tertiary alicyclic amines) is 1. The van der Waals surface area contributed by atoms with Crippen LogP contribution < -0.4 is 5.32 Å². The highest BCUT2D eigenvalue weighted by atomic mass is 32.2. The van der Waals surface area contributed by atoms with Crippen molar-refractivity contribution in [3.8, 4) is 0 Å². The van der Waals surface area contributed by atoms with E-state index in [0.717, 1.165) is 31.9 Å². The largest absolute Gasteiger partial charge is 0.341 e. The Bertz CT molecular complexity index is 453. The molecule has 0 spiro atoms. The molecule has 3 atom stereocenters. The quantitative estimate of drug-likeness (QED) is 0.920. The molecular formula is C16H22N2OS. The molecule has 0 aliphatic carbocycles. The van der Waals surface area contributed by atoms with Crippen LogP contribution in [0.2, 0.25) is 0 Å². The van der Waals surface area contributed by atoms with Gasteiger partial charge in [0.2, 0.25) is 5.91 Å². The van der Waals surface area contributed by atoms with Crippen molar-refractivity contribution in [1.82, 2.24) is 10.2 Å². The number of nitrogens with one attached hydrogen (secondary N) is 1. The Balaban J connectivity index is 1.50. The first-order valence-electron chi connectivity index (χ1n) is 7.39. The van der Waals surface area contributed by atoms with Crippen molar-refractivity contribution in [2.75, 3.05) is 26.2 Å². The standard InChI is InChI=1S/C16H22N2OS/c1-12(20-11-13-5-3-2-4-6-13)16(19)18-9-14-7-17-8-15(14)10-18/h2-6,12,14-15,17H,7-11H2,1H3/t12?,14-,15+. The molecule has 20 heavy (non-hydrogen) atoms. The smallest absolute Gasteiger partial charge is 0.235 e. The van der Waals surface area contributed by atoms with Gasteiger partial charge in [0.05, 0.1) is 5.25 Å². The Morgan fingerprint density at radius 1 is 1.30 bits per heavy atom. The summed E-state index contributed by atoms with van der Waals surface area (Å²) < 4.78 is 0. The fourth-order valence-corrected chi connectivity index (χ4v) is 4.09. The Hall–Kier alpha value is -1.00. The number of carbonyl (C=O) groups is 1. The second kappa shape index (κ2) is 6.19. The minimum atomic E-state index is 0.0574. The van der Waals surface area contributed by atoms with E-state index in [-0.39, 0.29) is 5.25 Å². The van der Waals surface area contributed by atoms with Gasteiger partial charge in [0, 0.05) is 31.9 Å². The van der Waals surface area contributed by atoms with Crippen LogP contribution in [0.5, 0.6) is 0 Å². The van der Waals surface area contributed by atoms with Gasteiger partial charge >= 0.3 is 0 Å². The van der Waals surface area contributed by atoms with Crippen LogP contribution in [0.15, 0.2) is 30.3 Å². The summed E-state index contributed by atoms with van der Waals surface area (Å²) >= 11 is 1.75. The van der Waals surface area contributed by atoms with Crippen molar-refractivity contribution in [3.63, 3.8) is 0 Å². The third-order valence-electron chi connectivity index (χ3n) is 4.39. The highest BCUT2D eigenvalue weighted by Gasteiger charge is 2.38. The van der Waals surface area contributed by atoms with Crippen molar-refractivity contribution in [2.45, 2.75) is 17.9 Å². The molecule has 1 N–H and O–H groups in total. The summed E-state index contributed by atoms with van der Waals surface area (Å²) in [5.74, 6) is 2.60. The average Bonchev–Trinajstić information content (AvgIpc) is 3.06. The number of nitrogens with zero attached hydrogens (tertiary/aromatic N) is 1. The van der Waals surface area contributed by atoms with E-state index in [0.29, 0.717) is 17.7 Å². The molecule has 1 amide bonds. The molecule has 2 aliphatic heterocycles. The third-order valence-corrected chi connectivity index (χ3v) is 5.59. The Labute approximate surface area is 125 Å². The molecule has 0 aromatic heterocycles. The number of hydrogen-bond donors (Lipinski definition) is 1. The Morgan fingerprint density at radius 3 is 2.60 bits per heavy atom. The fraction of sp³-hybridized carbons (Fsp3) is 0.562. The van der Waals surface area contributed by atoms with Crippen LogP contribution in [-0.4, -0.2) is 42.2 Å². The van der Waals surface area contributed by atoms with Crippen molar-refractivity contribution in [3.05, 3.63) is 35.9 Å². The number of benzene rings is 1. The maximum absolute atomic E-state index is 12.5. The van der Waals surface area contributed by atoms with Crippen LogP contribution in [0.3, 0.4) is 0 Å². The summed E-state index contributed by atoms with van der Waals surface area (Å²) in [5, 5.41) is 3.47. The maximum atomic E-state index is 12.5. The summed E-state index contributed by atoms with van der Waals surface area (Å²) in [7, 11) is 0. The van der Waals surface area contributed by atoms with Gasteiger partial charge in [-0.15, -0.1) is 11.8 Å². The van der Waals surface area contributed by atoms with Crippen LogP contribution in [0.1, 0.15) is 12.5 Å². The van der Waals surface area contributed by atoms with E-state index in [9.17, 15) is 4.79 Å². The molecule has 3 rings (SSSR count). The molecule has 2 aliphatic rings. The molecule has 0 bridgehead atoms. The first-order valence-corrected chi connectivity index (χ1v) is 8.44. The molecule has 2 saturated heterocycles. The monoisotopic (exact) mass is 290 g/mol. The van der Waals surface area contributed by atoms with E-state index in [1.807, 2.05) is 13.0 Å². The van der Waals surface area contributed by atoms with Gasteiger partial charge in [0.15, 0.2) is 0 Å². The molecular weight excluding hydrogens is 268 g/mol. The van der Waals surface area contributed by atoms with E-state index in [1.165, 1.54) is 5.56 Å². The maximum Gasteiger partial charge on any atom is 0.235 e. The van der Waals surface area contributed by atoms with Crippen LogP contribution >= 0.6 is 11.8 Å². The highest BCUT2D eigenvalue weighted by molar-refractivity contribution is 7.99. The van der Waals surface area contributed by atoms with Gasteiger partial charge in [0.1, 0.15) is 0 Å². The van der Waals surface area contributed by atoms with E-state index >= 15 is 0 Å². The second-order valence-corrected chi connectivity index (χ2v) is 7.19. The lowest BCUT2D eigenvalue weighted by atomic mass is 10.0. The van der Waals surface area contributed by atoms with Crippen molar-refractivity contribution in [2.24, 2.45) is 11.8 Å². The minimum Gasteiger partial charge on any atom is -0.341 e. The molecule has 1 aromatic rings. The zero-order valence-electron chi connectivity index (χ0n) is 11.9. The van der Waals surface area contributed by atoms with E-state index in [1.54, 1.807) is 11.8 Å². The van der Waals surface area contributed by atoms with Gasteiger partial charge in [-0.05, 0) is 24.3 Å². The number of carbonyl (C=O) groups excluding carboxylic acids is 1. The van der Waals surface area contributed by atoms with Crippen molar-refractivity contribution in [1.29, 1.82) is 0 Å². The Kier molecular flexibility index (Phi) is 4.32. The lowest BCUT2D eigenvalue weighted by Gasteiger charge is -2.21. The van der Waals surface area contributed by atoms with Gasteiger partial charge in [-0.25, -0.2) is 0 Å². The van der Waals surface area contributed by atoms with E-state index < -0.39 is 0 Å². The lowest BCUT2D eigenvalue weighted by Crippen LogP contribution is -2.36. The van der Waals surface area contributed by atoms with E-state index in [2.05, 4.69) is 34.5 Å². The van der Waals surface area contributed by atoms with Crippen LogP contribution in [0.4, 0.5) is 0 Å². The highest BCUT2D eigenvalue weighted by Crippen LogP contribution is 2.28. The number of thioether (sulfide) groups is 1. The van der Waals surface area contributed by atoms with Gasteiger partial charge < -0.3 is 10.2 Å². The number of rotatable bonds is 4. The number of amides is 1. The third kappa shape index (κ3) is 3.01. The van der Waals surface area contributed by atoms with E-state index in [4.69, 9.17) is 0 Å². The average molecular weight is 290 g/mol. The Morgan fingerprint density at radius 2 is 1.95 bits per heavy atom. The molecule has 4 heteroatoms. The number of fused-ring (bicyclic) bond motifs is 1. The zero-order chi connectivity index (χ0) is 13.9. The zero-order valence-corrected chi connectivity index (χ0v) is 12.7. The summed E-state index contributed by atoms with van der Waals surface area (Å²) in [5.41, 5.74) is 1.29. The minimum absolute atomic E-state index is 0.0574. The molecule has 0 saturated carbocycles. The van der Waals surface area contributed by atoms with Crippen molar-refractivity contribution < 1.29 is 4.79 Å². The topological polar surface area (TPSA) is 32.3 Å². The summed E-state index contributed by atoms with van der Waals surface area (Å²) in [6.07, 6.45) is 0. The second-order valence-electron chi connectivity index (χ2n) is 5.86. The first kappa shape index (κ1) is 14.0. The molecule has 1 unspecified atom stereocenters. The molecule has 108 valence electrons. The van der Waals surface area contributed by atoms with Crippen molar-refractivity contribution >= 4 is 17.7 Å². The first-order chi connectivity index (χ1) is 9.74. The predicted molar refractivity (Wildman–Crippen MR) is 83.6 cm³/mol. The van der Waals surface area contributed by atoms with Gasteiger partial charge in [0.25, 0.3) is 0 Å². The van der Waals surface area contributed by atoms with Gasteiger partial charge in [-0.3, -0.25) is 4.79 Å². The fourth-order valence-electron chi connectivity index (χ4n) is 3.16. The molecule has 3 nitrogen and oxygen atoms in total. The molecule has 2 fully saturated rings. The van der Waals surface area contributed by atoms with Gasteiger partial charge in [-0.1, -0.05) is 30.3 Å². The SMILES string of the molecule is CC(SCc1ccccc1)C(=O)N1C[C@H]2CNC[C@H]2C1. The summed E-state index contributed by atoms with van der Waals surface area (Å²) in [6, 6.07) is 10.4. The predicted octanol–water partition coefficient (Wildman–Crippen LogP) is 1.99. The molecule has 1 aromatic carbocycles.